The molecule has 0 aromatic heterocycles. The average molecular weight is 323 g/mol. The highest BCUT2D eigenvalue weighted by Crippen LogP contribution is 2.32. The Kier molecular flexibility index (Phi) is 5.16. The molecule has 22 heavy (non-hydrogen) atoms. The molecule has 1 aromatic rings. The molecule has 5 heteroatoms. The molecular weight excluding hydrogens is 298 g/mol. The molecule has 1 heterocycles. The molecule has 1 N–H and O–H groups in total. The fourth-order valence-corrected chi connectivity index (χ4v) is 4.51. The lowest BCUT2D eigenvalue weighted by atomic mass is 9.84. The Morgan fingerprint density at radius 3 is 2.36 bits per heavy atom. The van der Waals surface area contributed by atoms with Crippen LogP contribution in [0.3, 0.4) is 0 Å². The van der Waals surface area contributed by atoms with Gasteiger partial charge < -0.3 is 4.74 Å². The van der Waals surface area contributed by atoms with Crippen LogP contribution < -0.4 is 4.72 Å². The summed E-state index contributed by atoms with van der Waals surface area (Å²) in [6, 6.07) is 7.44. The maximum absolute atomic E-state index is 12.3. The highest BCUT2D eigenvalue weighted by molar-refractivity contribution is 7.89. The van der Waals surface area contributed by atoms with Gasteiger partial charge in [-0.1, -0.05) is 31.4 Å². The molecule has 0 radical (unpaired) electrons. The van der Waals surface area contributed by atoms with Crippen LogP contribution in [-0.2, 0) is 14.8 Å². The molecule has 1 saturated heterocycles. The van der Waals surface area contributed by atoms with E-state index in [4.69, 9.17) is 4.74 Å². The van der Waals surface area contributed by atoms with E-state index in [2.05, 4.69) is 4.72 Å². The summed E-state index contributed by atoms with van der Waals surface area (Å²) in [5, 5.41) is 0. The van der Waals surface area contributed by atoms with Crippen molar-refractivity contribution >= 4 is 10.0 Å². The van der Waals surface area contributed by atoms with Gasteiger partial charge in [-0.15, -0.1) is 0 Å². The predicted molar refractivity (Wildman–Crippen MR) is 86.4 cm³/mol. The molecular formula is C17H25NO3S. The summed E-state index contributed by atoms with van der Waals surface area (Å²) in [6.45, 7) is 1.11. The van der Waals surface area contributed by atoms with E-state index in [-0.39, 0.29) is 6.10 Å². The summed E-state index contributed by atoms with van der Waals surface area (Å²) in [7, 11) is -3.43. The topological polar surface area (TPSA) is 55.4 Å². The van der Waals surface area contributed by atoms with Crippen molar-refractivity contribution in [1.29, 1.82) is 0 Å². The van der Waals surface area contributed by atoms with Gasteiger partial charge in [0.15, 0.2) is 0 Å². The Balaban J connectivity index is 1.62. The SMILES string of the molecule is O=S(=O)(NC[C@H]1CCCO1)c1ccc(C2CCCCC2)cc1. The zero-order valence-electron chi connectivity index (χ0n) is 13.0. The number of sulfonamides is 1. The second-order valence-corrected chi connectivity index (χ2v) is 8.16. The van der Waals surface area contributed by atoms with Crippen LogP contribution >= 0.6 is 0 Å². The van der Waals surface area contributed by atoms with Crippen LogP contribution in [0.1, 0.15) is 56.4 Å². The molecule has 1 atom stereocenters. The number of hydrogen-bond acceptors (Lipinski definition) is 3. The third kappa shape index (κ3) is 3.89. The Morgan fingerprint density at radius 1 is 1.00 bits per heavy atom. The van der Waals surface area contributed by atoms with Crippen molar-refractivity contribution in [1.82, 2.24) is 4.72 Å². The summed E-state index contributed by atoms with van der Waals surface area (Å²) in [5.74, 6) is 0.602. The molecule has 1 saturated carbocycles. The highest BCUT2D eigenvalue weighted by atomic mass is 32.2. The summed E-state index contributed by atoms with van der Waals surface area (Å²) in [6.07, 6.45) is 8.33. The van der Waals surface area contributed by atoms with Gasteiger partial charge in [0.05, 0.1) is 11.0 Å². The molecule has 2 aliphatic rings. The molecule has 0 spiro atoms. The van der Waals surface area contributed by atoms with Crippen molar-refractivity contribution < 1.29 is 13.2 Å². The van der Waals surface area contributed by atoms with Crippen LogP contribution in [0.15, 0.2) is 29.2 Å². The van der Waals surface area contributed by atoms with Gasteiger partial charge in [-0.05, 0) is 49.3 Å². The summed E-state index contributed by atoms with van der Waals surface area (Å²) in [5.41, 5.74) is 1.28. The number of benzene rings is 1. The molecule has 4 nitrogen and oxygen atoms in total. The number of nitrogens with one attached hydrogen (secondary N) is 1. The van der Waals surface area contributed by atoms with E-state index in [1.807, 2.05) is 12.1 Å². The number of ether oxygens (including phenoxy) is 1. The molecule has 122 valence electrons. The lowest BCUT2D eigenvalue weighted by Crippen LogP contribution is -2.31. The van der Waals surface area contributed by atoms with Crippen molar-refractivity contribution in [2.45, 2.75) is 61.9 Å². The first-order chi connectivity index (χ1) is 10.6. The zero-order valence-corrected chi connectivity index (χ0v) is 13.8. The van der Waals surface area contributed by atoms with Crippen molar-refractivity contribution in [2.24, 2.45) is 0 Å². The largest absolute Gasteiger partial charge is 0.377 e. The molecule has 0 bridgehead atoms. The van der Waals surface area contributed by atoms with Crippen LogP contribution in [0.5, 0.6) is 0 Å². The van der Waals surface area contributed by atoms with E-state index in [0.29, 0.717) is 17.4 Å². The minimum Gasteiger partial charge on any atom is -0.377 e. The molecule has 0 unspecified atom stereocenters. The first kappa shape index (κ1) is 16.0. The van der Waals surface area contributed by atoms with E-state index in [0.717, 1.165) is 19.4 Å². The fourth-order valence-electron chi connectivity index (χ4n) is 3.45. The maximum atomic E-state index is 12.3. The van der Waals surface area contributed by atoms with Gasteiger partial charge in [0.25, 0.3) is 0 Å². The summed E-state index contributed by atoms with van der Waals surface area (Å²) in [4.78, 5) is 0.352. The summed E-state index contributed by atoms with van der Waals surface area (Å²) < 4.78 is 32.7. The second-order valence-electron chi connectivity index (χ2n) is 6.39. The van der Waals surface area contributed by atoms with Gasteiger partial charge in [0.2, 0.25) is 10.0 Å². The van der Waals surface area contributed by atoms with Crippen LogP contribution in [0.25, 0.3) is 0 Å². The quantitative estimate of drug-likeness (QED) is 0.905. The van der Waals surface area contributed by atoms with Crippen LogP contribution in [0.4, 0.5) is 0 Å². The smallest absolute Gasteiger partial charge is 0.240 e. The molecule has 1 aliphatic heterocycles. The lowest BCUT2D eigenvalue weighted by molar-refractivity contribution is 0.114. The van der Waals surface area contributed by atoms with Gasteiger partial charge in [-0.2, -0.15) is 0 Å². The van der Waals surface area contributed by atoms with E-state index in [1.54, 1.807) is 12.1 Å². The van der Waals surface area contributed by atoms with Gasteiger partial charge >= 0.3 is 0 Å². The van der Waals surface area contributed by atoms with E-state index >= 15 is 0 Å². The zero-order chi connectivity index (χ0) is 15.4. The van der Waals surface area contributed by atoms with Crippen LogP contribution in [0.2, 0.25) is 0 Å². The predicted octanol–water partition coefficient (Wildman–Crippen LogP) is 3.19. The third-order valence-corrected chi connectivity index (χ3v) is 6.23. The molecule has 1 aromatic carbocycles. The Morgan fingerprint density at radius 2 is 1.73 bits per heavy atom. The normalized spacial score (nSPS) is 23.7. The van der Waals surface area contributed by atoms with Crippen molar-refractivity contribution in [3.05, 3.63) is 29.8 Å². The van der Waals surface area contributed by atoms with Crippen LogP contribution in [0, 0.1) is 0 Å². The van der Waals surface area contributed by atoms with Crippen LogP contribution in [-0.4, -0.2) is 27.7 Å². The van der Waals surface area contributed by atoms with Gasteiger partial charge in [-0.25, -0.2) is 13.1 Å². The third-order valence-electron chi connectivity index (χ3n) is 4.79. The Bertz CT molecular complexity index is 570. The first-order valence-corrected chi connectivity index (χ1v) is 9.85. The molecule has 3 rings (SSSR count). The highest BCUT2D eigenvalue weighted by Gasteiger charge is 2.21. The van der Waals surface area contributed by atoms with E-state index in [1.165, 1.54) is 37.7 Å². The summed E-state index contributed by atoms with van der Waals surface area (Å²) >= 11 is 0. The Hall–Kier alpha value is -0.910. The van der Waals surface area contributed by atoms with E-state index in [9.17, 15) is 8.42 Å². The monoisotopic (exact) mass is 323 g/mol. The average Bonchev–Trinajstić information content (AvgIpc) is 3.08. The van der Waals surface area contributed by atoms with Crippen molar-refractivity contribution in [3.63, 3.8) is 0 Å². The first-order valence-electron chi connectivity index (χ1n) is 8.36. The standard InChI is InChI=1S/C17H25NO3S/c19-22(20,18-13-16-7-4-12-21-16)17-10-8-15(9-11-17)14-5-2-1-3-6-14/h8-11,14,16,18H,1-7,12-13H2/t16-/m1/s1. The second kappa shape index (κ2) is 7.11. The molecule has 0 amide bonds. The number of hydrogen-bond donors (Lipinski definition) is 1. The number of rotatable bonds is 5. The fraction of sp³-hybridized carbons (Fsp3) is 0.647. The van der Waals surface area contributed by atoms with Crippen molar-refractivity contribution in [2.75, 3.05) is 13.2 Å². The Labute approximate surface area is 133 Å². The minimum atomic E-state index is -3.43. The minimum absolute atomic E-state index is 0.0243. The van der Waals surface area contributed by atoms with Gasteiger partial charge in [-0.3, -0.25) is 0 Å². The lowest BCUT2D eigenvalue weighted by Gasteiger charge is -2.22. The molecule has 2 fully saturated rings. The van der Waals surface area contributed by atoms with Gasteiger partial charge in [0.1, 0.15) is 0 Å². The molecule has 1 aliphatic carbocycles. The van der Waals surface area contributed by atoms with Gasteiger partial charge in [0, 0.05) is 13.2 Å². The van der Waals surface area contributed by atoms with E-state index < -0.39 is 10.0 Å². The maximum Gasteiger partial charge on any atom is 0.240 e. The van der Waals surface area contributed by atoms with Crippen molar-refractivity contribution in [3.8, 4) is 0 Å².